The quantitative estimate of drug-likeness (QED) is 0.512. The molecular weight excluding hydrogens is 475 g/mol. The van der Waals surface area contributed by atoms with Crippen molar-refractivity contribution in [3.05, 3.63) is 45.8 Å². The first-order chi connectivity index (χ1) is 16.5. The van der Waals surface area contributed by atoms with Crippen LogP contribution in [0.5, 0.6) is 0 Å². The summed E-state index contributed by atoms with van der Waals surface area (Å²) >= 11 is 13.0. The highest BCUT2D eigenvalue weighted by Crippen LogP contribution is 2.36. The molecule has 34 heavy (non-hydrogen) atoms. The summed E-state index contributed by atoms with van der Waals surface area (Å²) in [7, 11) is 0. The molecule has 3 aromatic rings. The van der Waals surface area contributed by atoms with Crippen molar-refractivity contribution < 1.29 is 9.53 Å². The highest BCUT2D eigenvalue weighted by atomic mass is 35.5. The highest BCUT2D eigenvalue weighted by Gasteiger charge is 2.29. The average Bonchev–Trinajstić information content (AvgIpc) is 3.19. The summed E-state index contributed by atoms with van der Waals surface area (Å²) in [5.41, 5.74) is 7.92. The van der Waals surface area contributed by atoms with Gasteiger partial charge in [-0.3, -0.25) is 4.79 Å². The van der Waals surface area contributed by atoms with Gasteiger partial charge >= 0.3 is 0 Å². The number of ether oxygens (including phenoxy) is 1. The van der Waals surface area contributed by atoms with Crippen LogP contribution in [0.4, 0.5) is 5.95 Å². The van der Waals surface area contributed by atoms with Gasteiger partial charge in [0.05, 0.1) is 6.20 Å². The molecule has 0 atom stereocenters. The molecule has 2 aromatic heterocycles. The Hall–Kier alpha value is -2.42. The van der Waals surface area contributed by atoms with E-state index < -0.39 is 0 Å². The summed E-state index contributed by atoms with van der Waals surface area (Å²) < 4.78 is 7.66. The standard InChI is InChI=1S/C24H28Cl2N6O2/c25-18-2-1-3-19(26)17(18)12-21-30-20-13-28-24(29-15-8-10-34-11-9-15)31-23(20)32(21)16-6-4-14(5-7-16)22(27)33/h1-3,13-16H,4-12H2,(H2,27,33)(H,28,29,31). The number of anilines is 1. The van der Waals surface area contributed by atoms with Crippen LogP contribution in [0.1, 0.15) is 56.0 Å². The molecule has 2 aliphatic rings. The molecule has 1 aliphatic heterocycles. The van der Waals surface area contributed by atoms with Crippen LogP contribution in [0.3, 0.4) is 0 Å². The summed E-state index contributed by atoms with van der Waals surface area (Å²) in [6.07, 6.45) is 7.27. The molecule has 1 aliphatic carbocycles. The molecule has 10 heteroatoms. The van der Waals surface area contributed by atoms with Gasteiger partial charge in [0.1, 0.15) is 11.3 Å². The number of amides is 1. The van der Waals surface area contributed by atoms with Gasteiger partial charge in [-0.15, -0.1) is 0 Å². The lowest BCUT2D eigenvalue weighted by Gasteiger charge is -2.29. The fourth-order valence-corrected chi connectivity index (χ4v) is 5.55. The number of nitrogens with two attached hydrogens (primary N) is 1. The smallest absolute Gasteiger partial charge is 0.224 e. The van der Waals surface area contributed by atoms with E-state index in [9.17, 15) is 4.79 Å². The Morgan fingerprint density at radius 3 is 2.47 bits per heavy atom. The van der Waals surface area contributed by atoms with Crippen LogP contribution in [0.2, 0.25) is 10.0 Å². The van der Waals surface area contributed by atoms with E-state index in [0.29, 0.717) is 22.4 Å². The van der Waals surface area contributed by atoms with Crippen LogP contribution in [0.15, 0.2) is 24.4 Å². The number of halogens is 2. The van der Waals surface area contributed by atoms with Crippen LogP contribution >= 0.6 is 23.2 Å². The first-order valence-corrected chi connectivity index (χ1v) is 12.6. The maximum absolute atomic E-state index is 11.7. The number of primary amides is 1. The van der Waals surface area contributed by atoms with E-state index in [1.165, 1.54) is 0 Å². The lowest BCUT2D eigenvalue weighted by molar-refractivity contribution is -0.122. The predicted molar refractivity (Wildman–Crippen MR) is 132 cm³/mol. The Morgan fingerprint density at radius 1 is 1.09 bits per heavy atom. The fourth-order valence-electron chi connectivity index (χ4n) is 5.02. The second kappa shape index (κ2) is 10.1. The number of rotatable bonds is 6. The Morgan fingerprint density at radius 2 is 1.79 bits per heavy atom. The summed E-state index contributed by atoms with van der Waals surface area (Å²) in [5, 5.41) is 4.67. The van der Waals surface area contributed by atoms with Crippen LogP contribution in [-0.2, 0) is 16.0 Å². The highest BCUT2D eigenvalue weighted by molar-refractivity contribution is 6.36. The predicted octanol–water partition coefficient (Wildman–Crippen LogP) is 4.53. The Balaban J connectivity index is 1.52. The maximum Gasteiger partial charge on any atom is 0.224 e. The fraction of sp³-hybridized carbons (Fsp3) is 0.500. The van der Waals surface area contributed by atoms with E-state index in [2.05, 4.69) is 14.9 Å². The second-order valence-corrected chi connectivity index (χ2v) is 9.93. The number of fused-ring (bicyclic) bond motifs is 1. The average molecular weight is 503 g/mol. The van der Waals surface area contributed by atoms with Gasteiger partial charge in [0.25, 0.3) is 0 Å². The molecule has 1 saturated heterocycles. The summed E-state index contributed by atoms with van der Waals surface area (Å²) in [5.74, 6) is 1.13. The van der Waals surface area contributed by atoms with E-state index >= 15 is 0 Å². The van der Waals surface area contributed by atoms with Gasteiger partial charge in [0.2, 0.25) is 11.9 Å². The molecule has 3 heterocycles. The Bertz CT molecular complexity index is 1170. The molecule has 8 nitrogen and oxygen atoms in total. The van der Waals surface area contributed by atoms with Gasteiger partial charge in [0, 0.05) is 47.7 Å². The number of aromatic nitrogens is 4. The van der Waals surface area contributed by atoms with Gasteiger partial charge in [0.15, 0.2) is 5.65 Å². The van der Waals surface area contributed by atoms with Crippen molar-refractivity contribution in [1.82, 2.24) is 19.5 Å². The van der Waals surface area contributed by atoms with Crippen molar-refractivity contribution in [2.45, 2.75) is 57.0 Å². The minimum atomic E-state index is -0.220. The summed E-state index contributed by atoms with van der Waals surface area (Å²) in [6, 6.07) is 5.95. The number of nitrogens with one attached hydrogen (secondary N) is 1. The molecule has 5 rings (SSSR count). The van der Waals surface area contributed by atoms with Crippen molar-refractivity contribution in [2.24, 2.45) is 11.7 Å². The number of imidazole rings is 1. The third kappa shape index (κ3) is 4.85. The van der Waals surface area contributed by atoms with Gasteiger partial charge in [-0.05, 0) is 56.2 Å². The molecule has 2 fully saturated rings. The largest absolute Gasteiger partial charge is 0.381 e. The van der Waals surface area contributed by atoms with Gasteiger partial charge < -0.3 is 20.4 Å². The molecular formula is C24H28Cl2N6O2. The number of hydrogen-bond donors (Lipinski definition) is 2. The maximum atomic E-state index is 11.7. The minimum Gasteiger partial charge on any atom is -0.381 e. The third-order valence-electron chi connectivity index (χ3n) is 6.92. The molecule has 0 spiro atoms. The number of benzene rings is 1. The minimum absolute atomic E-state index is 0.0760. The van der Waals surface area contributed by atoms with Crippen molar-refractivity contribution >= 4 is 46.2 Å². The topological polar surface area (TPSA) is 108 Å². The van der Waals surface area contributed by atoms with Crippen LogP contribution in [0.25, 0.3) is 11.2 Å². The lowest BCUT2D eigenvalue weighted by Crippen LogP contribution is -2.29. The lowest BCUT2D eigenvalue weighted by atomic mass is 9.85. The van der Waals surface area contributed by atoms with Gasteiger partial charge in [-0.25, -0.2) is 9.97 Å². The number of hydrogen-bond acceptors (Lipinski definition) is 6. The molecule has 1 amide bonds. The number of nitrogens with zero attached hydrogens (tertiary/aromatic N) is 4. The first-order valence-electron chi connectivity index (χ1n) is 11.8. The molecule has 3 N–H and O–H groups in total. The van der Waals surface area contributed by atoms with Crippen LogP contribution < -0.4 is 11.1 Å². The van der Waals surface area contributed by atoms with Crippen molar-refractivity contribution in [3.8, 4) is 0 Å². The first kappa shape index (κ1) is 23.3. The summed E-state index contributed by atoms with van der Waals surface area (Å²) in [4.78, 5) is 26.0. The van der Waals surface area contributed by atoms with E-state index in [4.69, 9.17) is 43.6 Å². The zero-order valence-electron chi connectivity index (χ0n) is 18.8. The zero-order chi connectivity index (χ0) is 23.7. The van der Waals surface area contributed by atoms with Crippen LogP contribution in [0, 0.1) is 5.92 Å². The number of carbonyl (C=O) groups excluding carboxylic acids is 1. The second-order valence-electron chi connectivity index (χ2n) is 9.12. The Kier molecular flexibility index (Phi) is 6.90. The molecule has 180 valence electrons. The van der Waals surface area contributed by atoms with Gasteiger partial charge in [-0.1, -0.05) is 29.3 Å². The van der Waals surface area contributed by atoms with Crippen molar-refractivity contribution in [3.63, 3.8) is 0 Å². The molecule has 0 radical (unpaired) electrons. The van der Waals surface area contributed by atoms with Gasteiger partial charge in [-0.2, -0.15) is 4.98 Å². The van der Waals surface area contributed by atoms with E-state index in [1.54, 1.807) is 6.20 Å². The van der Waals surface area contributed by atoms with E-state index in [0.717, 1.165) is 74.3 Å². The van der Waals surface area contributed by atoms with Crippen molar-refractivity contribution in [2.75, 3.05) is 18.5 Å². The third-order valence-corrected chi connectivity index (χ3v) is 7.63. The molecule has 1 saturated carbocycles. The normalized spacial score (nSPS) is 21.6. The zero-order valence-corrected chi connectivity index (χ0v) is 20.4. The van der Waals surface area contributed by atoms with E-state index in [-0.39, 0.29) is 23.9 Å². The monoisotopic (exact) mass is 502 g/mol. The Labute approximate surface area is 208 Å². The van der Waals surface area contributed by atoms with Crippen molar-refractivity contribution in [1.29, 1.82) is 0 Å². The number of carbonyl (C=O) groups is 1. The molecule has 1 aromatic carbocycles. The van der Waals surface area contributed by atoms with Crippen LogP contribution in [-0.4, -0.2) is 44.7 Å². The molecule has 0 bridgehead atoms. The SMILES string of the molecule is NC(=O)C1CCC(n2c(Cc3c(Cl)cccc3Cl)nc3cnc(NC4CCOCC4)nc32)CC1. The van der Waals surface area contributed by atoms with E-state index in [1.807, 2.05) is 18.2 Å². The summed E-state index contributed by atoms with van der Waals surface area (Å²) in [6.45, 7) is 1.48. The molecule has 0 unspecified atom stereocenters.